The van der Waals surface area contributed by atoms with Gasteiger partial charge in [-0.1, -0.05) is 94.5 Å². The van der Waals surface area contributed by atoms with Crippen LogP contribution in [0.15, 0.2) is 48.5 Å². The van der Waals surface area contributed by atoms with E-state index in [9.17, 15) is 4.79 Å². The molecule has 1 heteroatoms. The molecule has 1 aliphatic carbocycles. The molecule has 1 aliphatic rings. The number of ketones is 1. The third-order valence-corrected chi connectivity index (χ3v) is 7.06. The van der Waals surface area contributed by atoms with Gasteiger partial charge in [0.25, 0.3) is 0 Å². The highest BCUT2D eigenvalue weighted by Crippen LogP contribution is 2.29. The number of carbonyl (C=O) groups is 1. The summed E-state index contributed by atoms with van der Waals surface area (Å²) in [6.07, 6.45) is 14.9. The van der Waals surface area contributed by atoms with E-state index in [2.05, 4.69) is 62.4 Å². The highest BCUT2D eigenvalue weighted by atomic mass is 16.1. The Balaban J connectivity index is 1.62. The monoisotopic (exact) mass is 418 g/mol. The van der Waals surface area contributed by atoms with Crippen molar-refractivity contribution in [3.05, 3.63) is 70.8 Å². The predicted octanol–water partition coefficient (Wildman–Crippen LogP) is 7.92. The molecule has 2 atom stereocenters. The molecule has 2 aromatic carbocycles. The third-order valence-electron chi connectivity index (χ3n) is 7.06. The van der Waals surface area contributed by atoms with E-state index in [1.54, 1.807) is 0 Å². The van der Waals surface area contributed by atoms with Gasteiger partial charge in [-0.15, -0.1) is 0 Å². The lowest BCUT2D eigenvalue weighted by Crippen LogP contribution is -2.28. The van der Waals surface area contributed by atoms with E-state index >= 15 is 0 Å². The van der Waals surface area contributed by atoms with Gasteiger partial charge in [-0.25, -0.2) is 0 Å². The summed E-state index contributed by atoms with van der Waals surface area (Å²) in [5.41, 5.74) is 5.51. The standard InChI is InChI=1S/C30H42O/c1-3-5-10-24-14-18-26(19-15-24)22-28-12-8-7-9-13-29(30(28)31)23-27-20-16-25(17-21-27)11-6-4-2/h14-21,28-29H,3-13,22-23H2,1-2H3. The Morgan fingerprint density at radius 3 is 1.39 bits per heavy atom. The fourth-order valence-corrected chi connectivity index (χ4v) is 5.00. The SMILES string of the molecule is CCCCc1ccc(CC2CCCCCC(Cc3ccc(CCCC)cc3)C2=O)cc1. The second-order valence-corrected chi connectivity index (χ2v) is 9.68. The number of benzene rings is 2. The molecule has 0 bridgehead atoms. The maximum atomic E-state index is 13.5. The van der Waals surface area contributed by atoms with Crippen LogP contribution in [-0.2, 0) is 30.5 Å². The number of unbranched alkanes of at least 4 members (excludes halogenated alkanes) is 2. The van der Waals surface area contributed by atoms with Crippen molar-refractivity contribution in [3.8, 4) is 0 Å². The Bertz CT molecular complexity index is 706. The molecule has 0 aliphatic heterocycles. The van der Waals surface area contributed by atoms with Crippen LogP contribution >= 0.6 is 0 Å². The van der Waals surface area contributed by atoms with Crippen LogP contribution in [0.2, 0.25) is 0 Å². The average molecular weight is 419 g/mol. The topological polar surface area (TPSA) is 17.1 Å². The summed E-state index contributed by atoms with van der Waals surface area (Å²) in [5, 5.41) is 0. The largest absolute Gasteiger partial charge is 0.299 e. The second-order valence-electron chi connectivity index (χ2n) is 9.68. The molecule has 2 aromatic rings. The zero-order valence-electron chi connectivity index (χ0n) is 19.9. The normalized spacial score (nSPS) is 19.7. The van der Waals surface area contributed by atoms with E-state index in [0.29, 0.717) is 5.78 Å². The van der Waals surface area contributed by atoms with Gasteiger partial charge in [-0.05, 0) is 73.6 Å². The quantitative estimate of drug-likeness (QED) is 0.383. The third kappa shape index (κ3) is 7.63. The Hall–Kier alpha value is -1.89. The highest BCUT2D eigenvalue weighted by Gasteiger charge is 2.28. The average Bonchev–Trinajstić information content (AvgIpc) is 2.80. The van der Waals surface area contributed by atoms with Gasteiger partial charge in [-0.3, -0.25) is 4.79 Å². The molecule has 1 saturated carbocycles. The van der Waals surface area contributed by atoms with Crippen molar-refractivity contribution in [3.63, 3.8) is 0 Å². The summed E-state index contributed by atoms with van der Waals surface area (Å²) >= 11 is 0. The van der Waals surface area contributed by atoms with Gasteiger partial charge in [0, 0.05) is 11.8 Å². The van der Waals surface area contributed by atoms with Crippen molar-refractivity contribution in [2.45, 2.75) is 97.3 Å². The molecule has 168 valence electrons. The number of Topliss-reactive ketones (excluding diaryl/α,β-unsaturated/α-hetero) is 1. The minimum atomic E-state index is 0.190. The molecule has 0 N–H and O–H groups in total. The fraction of sp³-hybridized carbons (Fsp3) is 0.567. The van der Waals surface area contributed by atoms with Crippen LogP contribution in [-0.4, -0.2) is 5.78 Å². The minimum absolute atomic E-state index is 0.190. The van der Waals surface area contributed by atoms with E-state index in [-0.39, 0.29) is 11.8 Å². The minimum Gasteiger partial charge on any atom is -0.299 e. The van der Waals surface area contributed by atoms with Gasteiger partial charge < -0.3 is 0 Å². The summed E-state index contributed by atoms with van der Waals surface area (Å²) in [6, 6.07) is 18.2. The predicted molar refractivity (Wildman–Crippen MR) is 133 cm³/mol. The Morgan fingerprint density at radius 1 is 0.613 bits per heavy atom. The van der Waals surface area contributed by atoms with Crippen LogP contribution in [0.5, 0.6) is 0 Å². The van der Waals surface area contributed by atoms with Crippen molar-refractivity contribution in [1.29, 1.82) is 0 Å². The molecule has 1 fully saturated rings. The molecule has 0 saturated heterocycles. The molecule has 0 radical (unpaired) electrons. The summed E-state index contributed by atoms with van der Waals surface area (Å²) in [6.45, 7) is 4.48. The number of carbonyl (C=O) groups excluding carboxylic acids is 1. The maximum absolute atomic E-state index is 13.5. The number of hydrogen-bond donors (Lipinski definition) is 0. The molecule has 0 spiro atoms. The van der Waals surface area contributed by atoms with Crippen LogP contribution in [0.3, 0.4) is 0 Å². The van der Waals surface area contributed by atoms with E-state index < -0.39 is 0 Å². The first-order chi connectivity index (χ1) is 15.2. The molecule has 0 aromatic heterocycles. The van der Waals surface area contributed by atoms with Gasteiger partial charge in [0.2, 0.25) is 0 Å². The number of hydrogen-bond acceptors (Lipinski definition) is 1. The molecule has 2 unspecified atom stereocenters. The highest BCUT2D eigenvalue weighted by molar-refractivity contribution is 5.84. The van der Waals surface area contributed by atoms with Gasteiger partial charge in [0.05, 0.1) is 0 Å². The van der Waals surface area contributed by atoms with Crippen molar-refractivity contribution in [2.24, 2.45) is 11.8 Å². The second kappa shape index (κ2) is 12.8. The van der Waals surface area contributed by atoms with Crippen LogP contribution < -0.4 is 0 Å². The Morgan fingerprint density at radius 2 is 1.00 bits per heavy atom. The molecule has 31 heavy (non-hydrogen) atoms. The molecule has 0 heterocycles. The Labute approximate surface area is 190 Å². The maximum Gasteiger partial charge on any atom is 0.139 e. The first-order valence-electron chi connectivity index (χ1n) is 12.9. The first kappa shape index (κ1) is 23.8. The fourth-order valence-electron chi connectivity index (χ4n) is 5.00. The van der Waals surface area contributed by atoms with E-state index in [1.807, 2.05) is 0 Å². The van der Waals surface area contributed by atoms with E-state index in [0.717, 1.165) is 25.7 Å². The lowest BCUT2D eigenvalue weighted by molar-refractivity contribution is -0.127. The first-order valence-corrected chi connectivity index (χ1v) is 12.9. The molecule has 1 nitrogen and oxygen atoms in total. The van der Waals surface area contributed by atoms with Crippen LogP contribution in [0.1, 0.15) is 93.9 Å². The van der Waals surface area contributed by atoms with E-state index in [1.165, 1.54) is 80.0 Å². The molecule has 0 amide bonds. The lowest BCUT2D eigenvalue weighted by Gasteiger charge is -2.26. The zero-order chi connectivity index (χ0) is 21.9. The molecular weight excluding hydrogens is 376 g/mol. The van der Waals surface area contributed by atoms with Crippen LogP contribution in [0.4, 0.5) is 0 Å². The molecule has 3 rings (SSSR count). The van der Waals surface area contributed by atoms with Crippen LogP contribution in [0, 0.1) is 11.8 Å². The van der Waals surface area contributed by atoms with Gasteiger partial charge in [0.15, 0.2) is 0 Å². The summed E-state index contributed by atoms with van der Waals surface area (Å²) in [5.74, 6) is 0.899. The van der Waals surface area contributed by atoms with Crippen molar-refractivity contribution in [1.82, 2.24) is 0 Å². The van der Waals surface area contributed by atoms with E-state index in [4.69, 9.17) is 0 Å². The number of aryl methyl sites for hydroxylation is 2. The van der Waals surface area contributed by atoms with Crippen molar-refractivity contribution >= 4 is 5.78 Å². The lowest BCUT2D eigenvalue weighted by atomic mass is 9.78. The summed E-state index contributed by atoms with van der Waals surface area (Å²) < 4.78 is 0. The summed E-state index contributed by atoms with van der Waals surface area (Å²) in [4.78, 5) is 13.5. The van der Waals surface area contributed by atoms with Crippen molar-refractivity contribution in [2.75, 3.05) is 0 Å². The van der Waals surface area contributed by atoms with Gasteiger partial charge in [-0.2, -0.15) is 0 Å². The zero-order valence-corrected chi connectivity index (χ0v) is 19.9. The molecular formula is C30H42O. The summed E-state index contributed by atoms with van der Waals surface area (Å²) in [7, 11) is 0. The smallest absolute Gasteiger partial charge is 0.139 e. The van der Waals surface area contributed by atoms with Crippen molar-refractivity contribution < 1.29 is 4.79 Å². The van der Waals surface area contributed by atoms with Gasteiger partial charge >= 0.3 is 0 Å². The number of rotatable bonds is 10. The Kier molecular flexibility index (Phi) is 9.85. The van der Waals surface area contributed by atoms with Crippen LogP contribution in [0.25, 0.3) is 0 Å². The van der Waals surface area contributed by atoms with Gasteiger partial charge in [0.1, 0.15) is 5.78 Å².